The number of carbonyl (C=O) groups excluding carboxylic acids is 2. The fourth-order valence-electron chi connectivity index (χ4n) is 5.22. The minimum Gasteiger partial charge on any atom is -0.457 e. The van der Waals surface area contributed by atoms with Crippen LogP contribution in [0, 0.1) is 23.2 Å². The predicted octanol–water partition coefficient (Wildman–Crippen LogP) is 5.36. The molecule has 2 atom stereocenters. The summed E-state index contributed by atoms with van der Waals surface area (Å²) in [5, 5.41) is 15.2. The number of benzene rings is 2. The molecule has 2 heterocycles. The first-order valence-corrected chi connectivity index (χ1v) is 13.4. The number of aromatic nitrogens is 1. The number of allylic oxidation sites excluding steroid dienone is 1. The second-order valence-corrected chi connectivity index (χ2v) is 9.96. The molecule has 0 bridgehead atoms. The van der Waals surface area contributed by atoms with Gasteiger partial charge >= 0.3 is 0 Å². The highest BCUT2D eigenvalue weighted by molar-refractivity contribution is 5.92. The maximum absolute atomic E-state index is 12.9. The molecule has 2 aromatic carbocycles. The summed E-state index contributed by atoms with van der Waals surface area (Å²) in [6.45, 7) is 1.98. The van der Waals surface area contributed by atoms with E-state index < -0.39 is 0 Å². The first-order valence-electron chi connectivity index (χ1n) is 13.4. The molecule has 2 N–H and O–H groups in total. The third-order valence-corrected chi connectivity index (χ3v) is 7.29. The Balaban J connectivity index is 1.16. The van der Waals surface area contributed by atoms with Crippen molar-refractivity contribution in [2.24, 2.45) is 11.8 Å². The van der Waals surface area contributed by atoms with E-state index in [2.05, 4.69) is 39.9 Å². The largest absolute Gasteiger partial charge is 0.457 e. The number of nitrogens with one attached hydrogen (secondary N) is 2. The lowest BCUT2D eigenvalue weighted by Gasteiger charge is -2.15. The Morgan fingerprint density at radius 3 is 2.58 bits per heavy atom. The van der Waals surface area contributed by atoms with Crippen molar-refractivity contribution in [1.29, 1.82) is 5.26 Å². The molecule has 1 fully saturated rings. The summed E-state index contributed by atoms with van der Waals surface area (Å²) < 4.78 is 5.90. The lowest BCUT2D eigenvalue weighted by atomic mass is 9.98. The highest BCUT2D eigenvalue weighted by Crippen LogP contribution is 2.41. The number of amides is 1. The zero-order valence-electron chi connectivity index (χ0n) is 22.3. The molecular formula is C32H31N5O3. The number of likely N-dealkylation sites (tertiary alicyclic amines) is 1. The van der Waals surface area contributed by atoms with Crippen LogP contribution in [-0.4, -0.2) is 48.8 Å². The van der Waals surface area contributed by atoms with Gasteiger partial charge in [0, 0.05) is 45.4 Å². The van der Waals surface area contributed by atoms with Crippen molar-refractivity contribution >= 4 is 35.3 Å². The van der Waals surface area contributed by atoms with Gasteiger partial charge in [0.05, 0.1) is 17.3 Å². The SMILES string of the molecule is CNc1ncc(/C=C/C(=O)N2CC3C=C(c4ccc(Oc5ccc(C#N)cc5)cc4)CC3C2)cc1NCCC=O. The molecule has 40 heavy (non-hydrogen) atoms. The minimum absolute atomic E-state index is 0.00168. The molecule has 0 saturated carbocycles. The summed E-state index contributed by atoms with van der Waals surface area (Å²) >= 11 is 0. The number of carbonyl (C=O) groups is 2. The van der Waals surface area contributed by atoms with Crippen LogP contribution in [0.2, 0.25) is 0 Å². The van der Waals surface area contributed by atoms with Crippen molar-refractivity contribution < 1.29 is 14.3 Å². The van der Waals surface area contributed by atoms with Crippen molar-refractivity contribution in [1.82, 2.24) is 9.88 Å². The molecular weight excluding hydrogens is 502 g/mol. The van der Waals surface area contributed by atoms with E-state index in [1.807, 2.05) is 23.1 Å². The third kappa shape index (κ3) is 6.21. The monoisotopic (exact) mass is 533 g/mol. The molecule has 8 heteroatoms. The van der Waals surface area contributed by atoms with Crippen LogP contribution in [0.1, 0.15) is 29.5 Å². The standard InChI is InChI=1S/C32H31N5O3/c1-34-32-30(35-13-2-14-38)15-23(19-36-32)5-12-31(39)37-20-26-16-25(17-27(26)21-37)24-6-10-29(11-7-24)40-28-8-3-22(18-33)4-9-28/h3-12,14-16,19,26-27,35H,2,13,17,20-21H2,1H3,(H,34,36)/b12-5+. The molecule has 2 unspecified atom stereocenters. The van der Waals surface area contributed by atoms with Crippen LogP contribution in [-0.2, 0) is 9.59 Å². The lowest BCUT2D eigenvalue weighted by Crippen LogP contribution is -2.27. The summed E-state index contributed by atoms with van der Waals surface area (Å²) in [7, 11) is 1.79. The zero-order chi connectivity index (χ0) is 27.9. The van der Waals surface area contributed by atoms with Crippen LogP contribution in [0.25, 0.3) is 11.6 Å². The first-order chi connectivity index (χ1) is 19.6. The van der Waals surface area contributed by atoms with E-state index in [0.29, 0.717) is 48.5 Å². The predicted molar refractivity (Wildman–Crippen MR) is 156 cm³/mol. The van der Waals surface area contributed by atoms with Gasteiger partial charge in [0.1, 0.15) is 23.6 Å². The fourth-order valence-corrected chi connectivity index (χ4v) is 5.22. The second-order valence-electron chi connectivity index (χ2n) is 9.96. The van der Waals surface area contributed by atoms with Gasteiger partial charge in [-0.05, 0) is 83.5 Å². The van der Waals surface area contributed by atoms with E-state index in [1.165, 1.54) is 11.1 Å². The number of rotatable bonds is 10. The van der Waals surface area contributed by atoms with Crippen molar-refractivity contribution in [3.05, 3.63) is 89.6 Å². The topological polar surface area (TPSA) is 107 Å². The maximum Gasteiger partial charge on any atom is 0.246 e. The van der Waals surface area contributed by atoms with Crippen LogP contribution < -0.4 is 15.4 Å². The highest BCUT2D eigenvalue weighted by atomic mass is 16.5. The smallest absolute Gasteiger partial charge is 0.246 e. The Morgan fingerprint density at radius 2 is 1.90 bits per heavy atom. The van der Waals surface area contributed by atoms with Crippen LogP contribution in [0.4, 0.5) is 11.5 Å². The van der Waals surface area contributed by atoms with Crippen molar-refractivity contribution in [2.45, 2.75) is 12.8 Å². The number of fused-ring (bicyclic) bond motifs is 1. The zero-order valence-corrected chi connectivity index (χ0v) is 22.3. The van der Waals surface area contributed by atoms with Gasteiger partial charge < -0.3 is 25.1 Å². The Labute approximate surface area is 234 Å². The summed E-state index contributed by atoms with van der Waals surface area (Å²) in [5.41, 5.74) is 4.70. The number of ether oxygens (including phenoxy) is 1. The molecule has 2 aliphatic rings. The third-order valence-electron chi connectivity index (χ3n) is 7.29. The van der Waals surface area contributed by atoms with E-state index in [0.717, 1.165) is 36.3 Å². The van der Waals surface area contributed by atoms with Crippen molar-refractivity contribution in [2.75, 3.05) is 37.3 Å². The molecule has 202 valence electrons. The lowest BCUT2D eigenvalue weighted by molar-refractivity contribution is -0.125. The summed E-state index contributed by atoms with van der Waals surface area (Å²) in [4.78, 5) is 29.9. The maximum atomic E-state index is 12.9. The van der Waals surface area contributed by atoms with Gasteiger partial charge in [-0.15, -0.1) is 0 Å². The van der Waals surface area contributed by atoms with Crippen LogP contribution in [0.15, 0.2) is 72.9 Å². The number of aldehydes is 1. The quantitative estimate of drug-likeness (QED) is 0.205. The van der Waals surface area contributed by atoms with Crippen LogP contribution >= 0.6 is 0 Å². The van der Waals surface area contributed by atoms with E-state index in [1.54, 1.807) is 49.7 Å². The van der Waals surface area contributed by atoms with Crippen molar-refractivity contribution in [3.63, 3.8) is 0 Å². The van der Waals surface area contributed by atoms with Gasteiger partial charge in [-0.25, -0.2) is 4.98 Å². The van der Waals surface area contributed by atoms with Crippen molar-refractivity contribution in [3.8, 4) is 17.6 Å². The molecule has 1 aromatic heterocycles. The molecule has 1 amide bonds. The Morgan fingerprint density at radius 1 is 1.15 bits per heavy atom. The molecule has 1 saturated heterocycles. The molecule has 5 rings (SSSR count). The molecule has 0 radical (unpaired) electrons. The second kappa shape index (κ2) is 12.3. The number of hydrogen-bond donors (Lipinski definition) is 2. The summed E-state index contributed by atoms with van der Waals surface area (Å²) in [6.07, 6.45) is 9.66. The molecule has 3 aromatic rings. The highest BCUT2D eigenvalue weighted by Gasteiger charge is 2.37. The van der Waals surface area contributed by atoms with Gasteiger partial charge in [-0.3, -0.25) is 4.79 Å². The number of nitriles is 1. The molecule has 0 spiro atoms. The van der Waals surface area contributed by atoms with Gasteiger partial charge in [0.25, 0.3) is 0 Å². The van der Waals surface area contributed by atoms with E-state index >= 15 is 0 Å². The van der Waals surface area contributed by atoms with Gasteiger partial charge in [-0.1, -0.05) is 18.2 Å². The van der Waals surface area contributed by atoms with Gasteiger partial charge in [0.15, 0.2) is 0 Å². The fraction of sp³-hybridized carbons (Fsp3) is 0.250. The van der Waals surface area contributed by atoms with E-state index in [-0.39, 0.29) is 5.91 Å². The van der Waals surface area contributed by atoms with Gasteiger partial charge in [-0.2, -0.15) is 5.26 Å². The molecule has 8 nitrogen and oxygen atoms in total. The van der Waals surface area contributed by atoms with E-state index in [9.17, 15) is 9.59 Å². The van der Waals surface area contributed by atoms with E-state index in [4.69, 9.17) is 10.00 Å². The number of pyridine rings is 1. The van der Waals surface area contributed by atoms with Crippen LogP contribution in [0.5, 0.6) is 11.5 Å². The normalized spacial score (nSPS) is 17.7. The first kappa shape index (κ1) is 26.7. The minimum atomic E-state index is 0.00168. The number of nitrogens with zero attached hydrogens (tertiary/aromatic N) is 3. The summed E-state index contributed by atoms with van der Waals surface area (Å²) in [5.74, 6) is 2.91. The summed E-state index contributed by atoms with van der Waals surface area (Å²) in [6, 6.07) is 19.2. The van der Waals surface area contributed by atoms with Gasteiger partial charge in [0.2, 0.25) is 5.91 Å². The average molecular weight is 534 g/mol. The van der Waals surface area contributed by atoms with Crippen LogP contribution in [0.3, 0.4) is 0 Å². The Bertz CT molecular complexity index is 1470. The Hall–Kier alpha value is -4.90. The number of hydrogen-bond acceptors (Lipinski definition) is 7. The average Bonchev–Trinajstić information content (AvgIpc) is 3.57. The molecule has 1 aliphatic carbocycles. The Kier molecular flexibility index (Phi) is 8.21. The molecule has 1 aliphatic heterocycles. The number of anilines is 2.